The Bertz CT molecular complexity index is 392. The summed E-state index contributed by atoms with van der Waals surface area (Å²) in [6.07, 6.45) is 0.819. The second kappa shape index (κ2) is 2.60. The Hall–Kier alpha value is -1.35. The molecule has 1 aromatic carbocycles. The number of benzene rings is 1. The molecular weight excluding hydrogens is 152 g/mol. The molecule has 1 heterocycles. The highest BCUT2D eigenvalue weighted by atomic mass is 16.3. The number of hydrogen-bond acceptors (Lipinski definition) is 1. The Morgan fingerprint density at radius 3 is 2.92 bits per heavy atom. The lowest BCUT2D eigenvalue weighted by Gasteiger charge is -2.03. The normalized spacial score (nSPS) is 13.5. The van der Waals surface area contributed by atoms with Gasteiger partial charge in [0.1, 0.15) is 0 Å². The molecule has 0 amide bonds. The maximum absolute atomic E-state index is 11.1. The fourth-order valence-electron chi connectivity index (χ4n) is 1.27. The lowest BCUT2D eigenvalue weighted by molar-refractivity contribution is 0.0474. The zero-order chi connectivity index (χ0) is 8.55. The van der Waals surface area contributed by atoms with Crippen molar-refractivity contribution in [2.75, 3.05) is 0 Å². The number of hydrogen-bond donors (Lipinski definition) is 0. The lowest BCUT2D eigenvalue weighted by atomic mass is 10.3. The quantitative estimate of drug-likeness (QED) is 0.630. The zero-order valence-electron chi connectivity index (χ0n) is 6.77. The van der Waals surface area contributed by atoms with Gasteiger partial charge in [0.25, 0.3) is 0 Å². The third kappa shape index (κ3) is 0.987. The molecule has 0 fully saturated rings. The highest BCUT2D eigenvalue weighted by Crippen LogP contribution is 2.15. The second-order valence-corrected chi connectivity index (χ2v) is 2.74. The van der Waals surface area contributed by atoms with Gasteiger partial charge in [-0.25, -0.2) is 10.1 Å². The molecule has 12 heavy (non-hydrogen) atoms. The Balaban J connectivity index is 2.70. The fraction of sp³-hybridized carbons (Fsp3) is 0.222. The standard InChI is InChI=1S/C9H9N2O/c1-7(12)11-6-10-8-4-2-3-5-9(8)11/h2-7H,1H3. The van der Waals surface area contributed by atoms with E-state index in [1.165, 1.54) is 0 Å². The molecule has 3 nitrogen and oxygen atoms in total. The molecule has 0 aliphatic rings. The molecule has 3 heteroatoms. The van der Waals surface area contributed by atoms with Crippen LogP contribution < -0.4 is 0 Å². The summed E-state index contributed by atoms with van der Waals surface area (Å²) in [5.74, 6) is 0. The highest BCUT2D eigenvalue weighted by Gasteiger charge is 2.05. The van der Waals surface area contributed by atoms with E-state index in [1.54, 1.807) is 17.8 Å². The van der Waals surface area contributed by atoms with Crippen LogP contribution in [0, 0.1) is 0 Å². The summed E-state index contributed by atoms with van der Waals surface area (Å²) in [5, 5.41) is 11.1. The maximum Gasteiger partial charge on any atom is 0.167 e. The number of aromatic nitrogens is 2. The van der Waals surface area contributed by atoms with Crippen molar-refractivity contribution < 1.29 is 5.11 Å². The van der Waals surface area contributed by atoms with Crippen molar-refractivity contribution in [3.63, 3.8) is 0 Å². The monoisotopic (exact) mass is 161 g/mol. The average Bonchev–Trinajstić information content (AvgIpc) is 2.47. The SMILES string of the molecule is CC([O])n1cnc2ccccc21. The minimum absolute atomic E-state index is 0.766. The summed E-state index contributed by atoms with van der Waals surface area (Å²) in [5.41, 5.74) is 1.78. The third-order valence-electron chi connectivity index (χ3n) is 1.87. The van der Waals surface area contributed by atoms with Gasteiger partial charge in [-0.1, -0.05) is 12.1 Å². The van der Waals surface area contributed by atoms with Gasteiger partial charge >= 0.3 is 0 Å². The van der Waals surface area contributed by atoms with E-state index in [-0.39, 0.29) is 0 Å². The van der Waals surface area contributed by atoms with Gasteiger partial charge in [-0.2, -0.15) is 0 Å². The molecule has 0 saturated carbocycles. The van der Waals surface area contributed by atoms with E-state index in [1.807, 2.05) is 24.3 Å². The third-order valence-corrected chi connectivity index (χ3v) is 1.87. The van der Waals surface area contributed by atoms with E-state index in [0.717, 1.165) is 11.0 Å². The summed E-state index contributed by atoms with van der Waals surface area (Å²) in [6, 6.07) is 7.61. The topological polar surface area (TPSA) is 37.7 Å². The smallest absolute Gasteiger partial charge is 0.167 e. The van der Waals surface area contributed by atoms with Gasteiger partial charge in [0.15, 0.2) is 6.23 Å². The first-order chi connectivity index (χ1) is 5.79. The number of nitrogens with zero attached hydrogens (tertiary/aromatic N) is 2. The molecule has 1 aromatic heterocycles. The van der Waals surface area contributed by atoms with Crippen LogP contribution in [0.25, 0.3) is 11.0 Å². The van der Waals surface area contributed by atoms with Gasteiger partial charge in [0.05, 0.1) is 17.4 Å². The van der Waals surface area contributed by atoms with Crippen molar-refractivity contribution in [3.8, 4) is 0 Å². The summed E-state index contributed by atoms with van der Waals surface area (Å²) in [4.78, 5) is 4.10. The van der Waals surface area contributed by atoms with E-state index < -0.39 is 6.23 Å². The molecule has 2 aromatic rings. The molecular formula is C9H9N2O. The summed E-state index contributed by atoms with van der Waals surface area (Å²) in [6.45, 7) is 1.61. The van der Waals surface area contributed by atoms with Gasteiger partial charge < -0.3 is 4.57 Å². The predicted octanol–water partition coefficient (Wildman–Crippen LogP) is 1.99. The molecule has 0 bridgehead atoms. The first kappa shape index (κ1) is 7.31. The molecule has 1 atom stereocenters. The van der Waals surface area contributed by atoms with Crippen molar-refractivity contribution in [2.24, 2.45) is 0 Å². The van der Waals surface area contributed by atoms with E-state index in [0.29, 0.717) is 0 Å². The van der Waals surface area contributed by atoms with Crippen molar-refractivity contribution >= 4 is 11.0 Å². The molecule has 1 unspecified atom stereocenters. The largest absolute Gasteiger partial charge is 0.301 e. The Labute approximate surface area is 70.3 Å². The van der Waals surface area contributed by atoms with Crippen LogP contribution in [-0.4, -0.2) is 9.55 Å². The van der Waals surface area contributed by atoms with Gasteiger partial charge in [-0.15, -0.1) is 0 Å². The van der Waals surface area contributed by atoms with E-state index in [4.69, 9.17) is 0 Å². The van der Waals surface area contributed by atoms with E-state index in [9.17, 15) is 5.11 Å². The van der Waals surface area contributed by atoms with Crippen LogP contribution in [0.3, 0.4) is 0 Å². The number of para-hydroxylation sites is 2. The summed E-state index contributed by atoms with van der Waals surface area (Å²) in [7, 11) is 0. The zero-order valence-corrected chi connectivity index (χ0v) is 6.77. The van der Waals surface area contributed by atoms with Crippen LogP contribution in [0.15, 0.2) is 30.6 Å². The van der Waals surface area contributed by atoms with Gasteiger partial charge in [0, 0.05) is 0 Å². The van der Waals surface area contributed by atoms with Crippen LogP contribution in [0.4, 0.5) is 0 Å². The number of rotatable bonds is 1. The maximum atomic E-state index is 11.1. The predicted molar refractivity (Wildman–Crippen MR) is 45.1 cm³/mol. The average molecular weight is 161 g/mol. The van der Waals surface area contributed by atoms with Crippen LogP contribution in [-0.2, 0) is 5.11 Å². The molecule has 1 radical (unpaired) electrons. The molecule has 0 aliphatic heterocycles. The molecule has 0 N–H and O–H groups in total. The Morgan fingerprint density at radius 1 is 1.42 bits per heavy atom. The second-order valence-electron chi connectivity index (χ2n) is 2.74. The molecule has 2 rings (SSSR count). The molecule has 0 spiro atoms. The van der Waals surface area contributed by atoms with Crippen LogP contribution in [0.5, 0.6) is 0 Å². The van der Waals surface area contributed by atoms with Gasteiger partial charge in [-0.05, 0) is 19.1 Å². The number of fused-ring (bicyclic) bond motifs is 1. The van der Waals surface area contributed by atoms with Gasteiger partial charge in [-0.3, -0.25) is 0 Å². The van der Waals surface area contributed by atoms with Gasteiger partial charge in [0.2, 0.25) is 0 Å². The lowest BCUT2D eigenvalue weighted by Crippen LogP contribution is -1.99. The molecule has 0 aliphatic carbocycles. The van der Waals surface area contributed by atoms with Crippen LogP contribution >= 0.6 is 0 Å². The Morgan fingerprint density at radius 2 is 2.17 bits per heavy atom. The van der Waals surface area contributed by atoms with Crippen molar-refractivity contribution in [1.29, 1.82) is 0 Å². The summed E-state index contributed by atoms with van der Waals surface area (Å²) >= 11 is 0. The van der Waals surface area contributed by atoms with Crippen LogP contribution in [0.2, 0.25) is 0 Å². The first-order valence-electron chi connectivity index (χ1n) is 3.86. The first-order valence-corrected chi connectivity index (χ1v) is 3.86. The van der Waals surface area contributed by atoms with Crippen molar-refractivity contribution in [1.82, 2.24) is 9.55 Å². The molecule has 61 valence electrons. The summed E-state index contributed by atoms with van der Waals surface area (Å²) < 4.78 is 1.62. The van der Waals surface area contributed by atoms with Crippen molar-refractivity contribution in [2.45, 2.75) is 13.2 Å². The minimum atomic E-state index is -0.766. The molecule has 0 saturated heterocycles. The van der Waals surface area contributed by atoms with Crippen LogP contribution in [0.1, 0.15) is 13.2 Å². The highest BCUT2D eigenvalue weighted by molar-refractivity contribution is 5.74. The van der Waals surface area contributed by atoms with E-state index >= 15 is 0 Å². The number of imidazole rings is 1. The fourth-order valence-corrected chi connectivity index (χ4v) is 1.27. The minimum Gasteiger partial charge on any atom is -0.301 e. The van der Waals surface area contributed by atoms with E-state index in [2.05, 4.69) is 4.98 Å². The Kier molecular flexibility index (Phi) is 1.59. The van der Waals surface area contributed by atoms with Crippen molar-refractivity contribution in [3.05, 3.63) is 30.6 Å².